The number of hydrogen-bond acceptors (Lipinski definition) is 14. The van der Waals surface area contributed by atoms with Crippen molar-refractivity contribution in [3.05, 3.63) is 300 Å². The van der Waals surface area contributed by atoms with Crippen LogP contribution in [0.3, 0.4) is 0 Å². The van der Waals surface area contributed by atoms with Crippen LogP contribution in [0.2, 0.25) is 0 Å². The smallest absolute Gasteiger partial charge is 0.187 e. The van der Waals surface area contributed by atoms with Gasteiger partial charge in [-0.1, -0.05) is 243 Å². The molecule has 1 N–H and O–H groups in total. The number of benzene rings is 8. The van der Waals surface area contributed by atoms with Crippen LogP contribution in [0.15, 0.2) is 255 Å². The first kappa shape index (κ1) is 62.4. The molecule has 0 aromatic heterocycles. The number of aliphatic hydroxyl groups is 1. The molecular formula is C74H78O14. The van der Waals surface area contributed by atoms with Crippen LogP contribution < -0.4 is 0 Å². The fourth-order valence-electron chi connectivity index (χ4n) is 11.0. The van der Waals surface area contributed by atoms with Crippen LogP contribution in [0.4, 0.5) is 0 Å². The van der Waals surface area contributed by atoms with Crippen molar-refractivity contribution in [1.82, 2.24) is 0 Å². The minimum Gasteiger partial charge on any atom is -0.493 e. The maximum Gasteiger partial charge on any atom is 0.187 e. The molecule has 8 aromatic rings. The number of hydrogen-bond donors (Lipinski definition) is 1. The zero-order valence-electron chi connectivity index (χ0n) is 49.3. The Labute approximate surface area is 516 Å². The van der Waals surface area contributed by atoms with E-state index in [-0.39, 0.29) is 59.5 Å². The van der Waals surface area contributed by atoms with Crippen LogP contribution in [0, 0.1) is 0 Å². The zero-order valence-corrected chi connectivity index (χ0v) is 49.3. The molecule has 3 aliphatic rings. The molecule has 0 aliphatic carbocycles. The highest BCUT2D eigenvalue weighted by Gasteiger charge is 2.55. The van der Waals surface area contributed by atoms with Gasteiger partial charge in [0.2, 0.25) is 0 Å². The lowest BCUT2D eigenvalue weighted by atomic mass is 9.95. The molecule has 0 saturated carbocycles. The summed E-state index contributed by atoms with van der Waals surface area (Å²) in [6.07, 6.45) is -9.28. The van der Waals surface area contributed by atoms with Crippen molar-refractivity contribution in [2.24, 2.45) is 0 Å². The fourth-order valence-corrected chi connectivity index (χ4v) is 11.0. The third kappa shape index (κ3) is 18.2. The van der Waals surface area contributed by atoms with E-state index >= 15 is 0 Å². The molecule has 14 nitrogen and oxygen atoms in total. The Morgan fingerprint density at radius 3 is 0.977 bits per heavy atom. The molecule has 2 saturated heterocycles. The summed E-state index contributed by atoms with van der Waals surface area (Å²) in [7, 11) is 0. The molecule has 88 heavy (non-hydrogen) atoms. The standard InChI is InChI=1S/C74H78O14/c75-66-68(81-47-58-33-17-5-18-34-58)64(52-77-44-55-27-11-2-12-28-55)85-73(70(66)82-48-59-35-19-6-20-36-59)88-69-65(53-78-45-56-29-13-3-14-30-56)86-74(72(84-50-61-39-23-8-24-40-61)71(69)83-49-60-37-21-7-22-38-60)87-67-62(80-46-57-31-15-4-16-32-57)41-42-79-63(67)51-76-43-54-25-9-1-10-26-54/h1-42,62-75H,43-53H2/t62-,63?,64?,65?,66-,67-,68-,69-,70?,71+,72?,73+,74-/m0/s1. The molecule has 0 amide bonds. The first-order valence-electron chi connectivity index (χ1n) is 30.3. The van der Waals surface area contributed by atoms with E-state index < -0.39 is 79.7 Å². The first-order chi connectivity index (χ1) is 43.6. The molecule has 0 spiro atoms. The molecule has 458 valence electrons. The molecule has 0 radical (unpaired) electrons. The maximum atomic E-state index is 13.0. The normalized spacial score (nSPS) is 25.2. The molecular weight excluding hydrogens is 1110 g/mol. The van der Waals surface area contributed by atoms with Crippen LogP contribution in [0.25, 0.3) is 0 Å². The lowest BCUT2D eigenvalue weighted by Crippen LogP contribution is -2.67. The molecule has 11 rings (SSSR count). The summed E-state index contributed by atoms with van der Waals surface area (Å²) in [4.78, 5) is 0. The Kier molecular flexibility index (Phi) is 23.7. The van der Waals surface area contributed by atoms with Gasteiger partial charge in [0.25, 0.3) is 0 Å². The Hall–Kier alpha value is -7.22. The second-order valence-corrected chi connectivity index (χ2v) is 22.1. The van der Waals surface area contributed by atoms with Crippen LogP contribution in [0.5, 0.6) is 0 Å². The molecule has 8 aromatic carbocycles. The molecule has 2 fully saturated rings. The summed E-state index contributed by atoms with van der Waals surface area (Å²) in [5.74, 6) is 0. The van der Waals surface area contributed by atoms with E-state index in [1.165, 1.54) is 0 Å². The van der Waals surface area contributed by atoms with Crippen molar-refractivity contribution >= 4 is 0 Å². The highest BCUT2D eigenvalue weighted by Crippen LogP contribution is 2.38. The van der Waals surface area contributed by atoms with E-state index in [4.69, 9.17) is 61.6 Å². The van der Waals surface area contributed by atoms with E-state index in [9.17, 15) is 5.11 Å². The second-order valence-electron chi connectivity index (χ2n) is 22.1. The van der Waals surface area contributed by atoms with Gasteiger partial charge in [-0.05, 0) is 50.6 Å². The van der Waals surface area contributed by atoms with Crippen molar-refractivity contribution in [2.45, 2.75) is 133 Å². The van der Waals surface area contributed by atoms with Gasteiger partial charge in [-0.2, -0.15) is 0 Å². The lowest BCUT2D eigenvalue weighted by Gasteiger charge is -2.50. The average molecular weight is 1190 g/mol. The summed E-state index contributed by atoms with van der Waals surface area (Å²) in [6.45, 7) is 1.94. The lowest BCUT2D eigenvalue weighted by molar-refractivity contribution is -0.382. The topological polar surface area (TPSA) is 140 Å². The van der Waals surface area contributed by atoms with E-state index in [0.717, 1.165) is 44.5 Å². The molecule has 3 heterocycles. The third-order valence-corrected chi connectivity index (χ3v) is 15.6. The van der Waals surface area contributed by atoms with Gasteiger partial charge in [-0.25, -0.2) is 0 Å². The summed E-state index contributed by atoms with van der Waals surface area (Å²) in [5, 5.41) is 13.0. The number of ether oxygens (including phenoxy) is 13. The van der Waals surface area contributed by atoms with Gasteiger partial charge >= 0.3 is 0 Å². The van der Waals surface area contributed by atoms with Gasteiger partial charge in [0.15, 0.2) is 18.7 Å². The van der Waals surface area contributed by atoms with Crippen molar-refractivity contribution in [2.75, 3.05) is 19.8 Å². The minimum absolute atomic E-state index is 0.00805. The van der Waals surface area contributed by atoms with Gasteiger partial charge in [0, 0.05) is 0 Å². The van der Waals surface area contributed by atoms with Crippen molar-refractivity contribution < 1.29 is 66.7 Å². The molecule has 13 atom stereocenters. The van der Waals surface area contributed by atoms with Gasteiger partial charge in [-0.3, -0.25) is 0 Å². The second kappa shape index (κ2) is 33.4. The SMILES string of the molecule is O[C@@H]1C(OCc2ccccc2)[C@@H](O[C@H]2C(COCc3ccccc3)O[C@@H](O[C@@H]3C(COCc4ccccc4)OC=C[C@@H]3OCc3ccccc3)C(OCc3ccccc3)[C@@H]2OCc2ccccc2)OC(COCc2ccccc2)[C@@H]1OCc1ccccc1. The molecule has 3 aliphatic heterocycles. The van der Waals surface area contributed by atoms with Crippen LogP contribution in [-0.4, -0.2) is 105 Å². The average Bonchev–Trinajstić information content (AvgIpc) is 1.78. The van der Waals surface area contributed by atoms with Crippen molar-refractivity contribution in [3.8, 4) is 0 Å². The predicted molar refractivity (Wildman–Crippen MR) is 330 cm³/mol. The molecule has 0 bridgehead atoms. The van der Waals surface area contributed by atoms with E-state index in [1.807, 2.05) is 249 Å². The fraction of sp³-hybridized carbons (Fsp3) is 0.324. The minimum atomic E-state index is -1.30. The van der Waals surface area contributed by atoms with Gasteiger partial charge in [-0.15, -0.1) is 0 Å². The Morgan fingerprint density at radius 2 is 0.580 bits per heavy atom. The zero-order chi connectivity index (χ0) is 59.8. The Bertz CT molecular complexity index is 3210. The quantitative estimate of drug-likeness (QED) is 0.0441. The summed E-state index contributed by atoms with van der Waals surface area (Å²) >= 11 is 0. The van der Waals surface area contributed by atoms with Crippen LogP contribution in [0.1, 0.15) is 44.5 Å². The van der Waals surface area contributed by atoms with Gasteiger partial charge in [0.05, 0.1) is 78.9 Å². The van der Waals surface area contributed by atoms with Crippen molar-refractivity contribution in [1.29, 1.82) is 0 Å². The van der Waals surface area contributed by atoms with Crippen molar-refractivity contribution in [3.63, 3.8) is 0 Å². The highest BCUT2D eigenvalue weighted by atomic mass is 16.8. The maximum absolute atomic E-state index is 13.0. The van der Waals surface area contributed by atoms with Crippen LogP contribution in [-0.2, 0) is 114 Å². The Balaban J connectivity index is 0.974. The first-order valence-corrected chi connectivity index (χ1v) is 30.3. The third-order valence-electron chi connectivity index (χ3n) is 15.6. The summed E-state index contributed by atoms with van der Waals surface area (Å²) in [5.41, 5.74) is 7.55. The molecule has 14 heteroatoms. The predicted octanol–water partition coefficient (Wildman–Crippen LogP) is 12.1. The van der Waals surface area contributed by atoms with Crippen LogP contribution >= 0.6 is 0 Å². The Morgan fingerprint density at radius 1 is 0.284 bits per heavy atom. The van der Waals surface area contributed by atoms with E-state index in [1.54, 1.807) is 6.26 Å². The van der Waals surface area contributed by atoms with Gasteiger partial charge in [0.1, 0.15) is 61.0 Å². The van der Waals surface area contributed by atoms with Gasteiger partial charge < -0.3 is 66.7 Å². The number of rotatable bonds is 31. The summed E-state index contributed by atoms with van der Waals surface area (Å²) in [6, 6.07) is 79.3. The summed E-state index contributed by atoms with van der Waals surface area (Å²) < 4.78 is 90.2. The largest absolute Gasteiger partial charge is 0.493 e. The number of aliphatic hydroxyl groups excluding tert-OH is 1. The highest BCUT2D eigenvalue weighted by molar-refractivity contribution is 5.20. The monoisotopic (exact) mass is 1190 g/mol. The molecule has 5 unspecified atom stereocenters. The van der Waals surface area contributed by atoms with E-state index in [0.29, 0.717) is 13.2 Å². The van der Waals surface area contributed by atoms with E-state index in [2.05, 4.69) is 0 Å².